The Morgan fingerprint density at radius 1 is 1.02 bits per heavy atom. The third kappa shape index (κ3) is 6.47. The van der Waals surface area contributed by atoms with Crippen LogP contribution in [0.1, 0.15) is 75.1 Å². The molecule has 2 fully saturated rings. The third-order valence-electron chi connectivity index (χ3n) is 7.86. The van der Waals surface area contributed by atoms with Crippen molar-refractivity contribution in [2.24, 2.45) is 5.92 Å². The Hall–Kier alpha value is -2.62. The summed E-state index contributed by atoms with van der Waals surface area (Å²) >= 11 is 0. The Balaban J connectivity index is 0.000000681. The molecule has 1 atom stereocenters. The maximum absolute atomic E-state index is 13.8. The predicted molar refractivity (Wildman–Crippen MR) is 158 cm³/mol. The van der Waals surface area contributed by atoms with E-state index < -0.39 is 21.8 Å². The van der Waals surface area contributed by atoms with E-state index in [1.165, 1.54) is 10.7 Å². The van der Waals surface area contributed by atoms with Crippen LogP contribution in [0, 0.1) is 26.7 Å². The molecule has 2 heterocycles. The van der Waals surface area contributed by atoms with E-state index in [4.69, 9.17) is 9.84 Å². The number of ether oxygens (including phenoxy) is 1. The minimum absolute atomic E-state index is 0.187. The van der Waals surface area contributed by atoms with Crippen LogP contribution in [0.15, 0.2) is 24.3 Å². The fraction of sp³-hybridized carbons (Fsp3) is 0.581. The summed E-state index contributed by atoms with van der Waals surface area (Å²) in [5.41, 5.74) is 4.93. The summed E-state index contributed by atoms with van der Waals surface area (Å²) in [5, 5.41) is 18.3. The van der Waals surface area contributed by atoms with Gasteiger partial charge in [0.15, 0.2) is 0 Å². The van der Waals surface area contributed by atoms with E-state index >= 15 is 0 Å². The molecule has 2 aromatic rings. The van der Waals surface area contributed by atoms with Gasteiger partial charge >= 0.3 is 16.2 Å². The summed E-state index contributed by atoms with van der Waals surface area (Å²) in [7, 11) is -3.73. The van der Waals surface area contributed by atoms with Crippen LogP contribution >= 0.6 is 0 Å². The van der Waals surface area contributed by atoms with Gasteiger partial charge in [0.2, 0.25) is 0 Å². The molecule has 1 unspecified atom stereocenters. The molecule has 2 aromatic carbocycles. The standard InChI is InChI=1S/C27H34N2O5S.C4H10O/c1-17-9-11-21(12-10-17)25-19(3)27-26(18(2)23(25)13-24(30)31)29-22(16-34-27)15-28(35(29,32)33)14-20-7-5-4-6-8-20;1-4(2,3)5/h9-12,20,22H,4-8,13-16H2,1-3H3,(H,30,31);5H,1-3H3. The number of fused-ring (bicyclic) bond motifs is 3. The Morgan fingerprint density at radius 2 is 1.62 bits per heavy atom. The second kappa shape index (κ2) is 11.7. The predicted octanol–water partition coefficient (Wildman–Crippen LogP) is 5.39. The molecule has 40 heavy (non-hydrogen) atoms. The van der Waals surface area contributed by atoms with E-state index in [2.05, 4.69) is 0 Å². The zero-order valence-electron chi connectivity index (χ0n) is 24.7. The summed E-state index contributed by atoms with van der Waals surface area (Å²) < 4.78 is 37.1. The topological polar surface area (TPSA) is 107 Å². The zero-order chi connectivity index (χ0) is 29.4. The van der Waals surface area contributed by atoms with Crippen LogP contribution in [-0.2, 0) is 21.4 Å². The Kier molecular flexibility index (Phi) is 8.88. The average Bonchev–Trinajstić information content (AvgIpc) is 3.12. The van der Waals surface area contributed by atoms with Gasteiger partial charge in [0.1, 0.15) is 12.4 Å². The van der Waals surface area contributed by atoms with Gasteiger partial charge in [-0.2, -0.15) is 12.7 Å². The number of carboxylic acids is 1. The summed E-state index contributed by atoms with van der Waals surface area (Å²) in [5.74, 6) is -0.00145. The quantitative estimate of drug-likeness (QED) is 0.497. The molecule has 0 bridgehead atoms. The van der Waals surface area contributed by atoms with Crippen molar-refractivity contribution in [3.05, 3.63) is 46.5 Å². The molecule has 0 spiro atoms. The van der Waals surface area contributed by atoms with Crippen LogP contribution in [0.2, 0.25) is 0 Å². The number of hydrogen-bond donors (Lipinski definition) is 2. The van der Waals surface area contributed by atoms with Crippen LogP contribution < -0.4 is 9.04 Å². The maximum Gasteiger partial charge on any atom is 0.307 e. The lowest BCUT2D eigenvalue weighted by Gasteiger charge is -2.35. The van der Waals surface area contributed by atoms with Crippen LogP contribution in [0.5, 0.6) is 5.75 Å². The number of benzene rings is 2. The van der Waals surface area contributed by atoms with Crippen molar-refractivity contribution in [1.29, 1.82) is 0 Å². The third-order valence-corrected chi connectivity index (χ3v) is 9.79. The number of aliphatic carboxylic acids is 1. The molecule has 2 aliphatic heterocycles. The van der Waals surface area contributed by atoms with Crippen LogP contribution in [0.25, 0.3) is 11.1 Å². The zero-order valence-corrected chi connectivity index (χ0v) is 25.5. The van der Waals surface area contributed by atoms with Gasteiger partial charge in [-0.05, 0) is 82.6 Å². The highest BCUT2D eigenvalue weighted by atomic mass is 32.2. The molecular formula is C31H44N2O6S. The number of aliphatic hydroxyl groups is 1. The minimum Gasteiger partial charge on any atom is -0.489 e. The van der Waals surface area contributed by atoms with Crippen LogP contribution in [-0.4, -0.2) is 60.2 Å². The smallest absolute Gasteiger partial charge is 0.307 e. The Morgan fingerprint density at radius 3 is 2.20 bits per heavy atom. The van der Waals surface area contributed by atoms with Gasteiger partial charge in [-0.1, -0.05) is 49.1 Å². The number of aryl methyl sites for hydroxylation is 1. The maximum atomic E-state index is 13.8. The molecule has 3 aliphatic rings. The first-order valence-electron chi connectivity index (χ1n) is 14.3. The van der Waals surface area contributed by atoms with E-state index in [9.17, 15) is 18.3 Å². The highest BCUT2D eigenvalue weighted by Crippen LogP contribution is 2.49. The lowest BCUT2D eigenvalue weighted by Crippen LogP contribution is -2.43. The number of nitrogens with zero attached hydrogens (tertiary/aromatic N) is 2. The lowest BCUT2D eigenvalue weighted by atomic mass is 9.87. The van der Waals surface area contributed by atoms with Gasteiger partial charge < -0.3 is 14.9 Å². The molecule has 0 radical (unpaired) electrons. The van der Waals surface area contributed by atoms with Crippen molar-refractivity contribution in [3.63, 3.8) is 0 Å². The minimum atomic E-state index is -3.73. The lowest BCUT2D eigenvalue weighted by molar-refractivity contribution is -0.136. The van der Waals surface area contributed by atoms with Crippen molar-refractivity contribution in [2.75, 3.05) is 24.0 Å². The summed E-state index contributed by atoms with van der Waals surface area (Å²) in [6, 6.07) is 7.66. The van der Waals surface area contributed by atoms with E-state index in [0.29, 0.717) is 48.2 Å². The van der Waals surface area contributed by atoms with Gasteiger partial charge in [0.25, 0.3) is 0 Å². The second-order valence-corrected chi connectivity index (χ2v) is 14.3. The van der Waals surface area contributed by atoms with Crippen molar-refractivity contribution >= 4 is 21.9 Å². The Bertz CT molecular complexity index is 1340. The van der Waals surface area contributed by atoms with E-state index in [1.54, 1.807) is 25.1 Å². The molecule has 5 rings (SSSR count). The van der Waals surface area contributed by atoms with Gasteiger partial charge in [0, 0.05) is 18.7 Å². The van der Waals surface area contributed by atoms with E-state index in [-0.39, 0.29) is 12.5 Å². The fourth-order valence-corrected chi connectivity index (χ4v) is 8.05. The summed E-state index contributed by atoms with van der Waals surface area (Å²) in [6.45, 7) is 12.2. The second-order valence-electron chi connectivity index (χ2n) is 12.5. The summed E-state index contributed by atoms with van der Waals surface area (Å²) in [6.07, 6.45) is 5.52. The molecule has 2 N–H and O–H groups in total. The first-order valence-corrected chi connectivity index (χ1v) is 15.7. The van der Waals surface area contributed by atoms with Crippen molar-refractivity contribution in [2.45, 2.75) is 91.7 Å². The van der Waals surface area contributed by atoms with E-state index in [1.807, 2.05) is 45.0 Å². The number of anilines is 1. The largest absolute Gasteiger partial charge is 0.489 e. The molecule has 9 heteroatoms. The summed E-state index contributed by atoms with van der Waals surface area (Å²) in [4.78, 5) is 11.9. The molecule has 220 valence electrons. The highest BCUT2D eigenvalue weighted by Gasteiger charge is 2.49. The average molecular weight is 573 g/mol. The van der Waals surface area contributed by atoms with E-state index in [0.717, 1.165) is 47.9 Å². The number of rotatable bonds is 5. The molecule has 1 saturated heterocycles. The van der Waals surface area contributed by atoms with Crippen LogP contribution in [0.4, 0.5) is 5.69 Å². The van der Waals surface area contributed by atoms with Gasteiger partial charge in [0.05, 0.1) is 23.8 Å². The van der Waals surface area contributed by atoms with Crippen molar-refractivity contribution in [1.82, 2.24) is 4.31 Å². The highest BCUT2D eigenvalue weighted by molar-refractivity contribution is 7.90. The van der Waals surface area contributed by atoms with Crippen molar-refractivity contribution < 1.29 is 28.2 Å². The molecule has 8 nitrogen and oxygen atoms in total. The molecule has 0 aromatic heterocycles. The molecular weight excluding hydrogens is 528 g/mol. The SMILES string of the molecule is CC(C)(C)O.Cc1ccc(-c2c(C)c3c(c(C)c2CC(=O)O)N2C(CO3)CN(CC3CCCCC3)S2(=O)=O)cc1. The van der Waals surface area contributed by atoms with Crippen molar-refractivity contribution in [3.8, 4) is 16.9 Å². The number of carbonyl (C=O) groups is 1. The normalized spacial score (nSPS) is 20.7. The van der Waals surface area contributed by atoms with Gasteiger partial charge in [-0.3, -0.25) is 4.79 Å². The van der Waals surface area contributed by atoms with Gasteiger partial charge in [-0.25, -0.2) is 4.31 Å². The Labute approximate surface area is 239 Å². The fourth-order valence-electron chi connectivity index (χ4n) is 6.08. The molecule has 1 aliphatic carbocycles. The van der Waals surface area contributed by atoms with Gasteiger partial charge in [-0.15, -0.1) is 0 Å². The monoisotopic (exact) mass is 572 g/mol. The molecule has 0 amide bonds. The number of carboxylic acid groups (broad SMARTS) is 1. The number of hydrogen-bond acceptors (Lipinski definition) is 5. The first-order chi connectivity index (χ1) is 18.7. The van der Waals surface area contributed by atoms with Crippen LogP contribution in [0.3, 0.4) is 0 Å². The first kappa shape index (κ1) is 30.3. The molecule has 1 saturated carbocycles.